The molecule has 31 heavy (non-hydrogen) atoms. The number of carboxylic acid groups (broad SMARTS) is 1. The summed E-state index contributed by atoms with van der Waals surface area (Å²) in [5, 5.41) is 9.36. The number of aliphatic carboxylic acids is 1. The van der Waals surface area contributed by atoms with Crippen LogP contribution in [0.3, 0.4) is 0 Å². The molecule has 0 amide bonds. The van der Waals surface area contributed by atoms with E-state index in [4.69, 9.17) is 4.74 Å². The van der Waals surface area contributed by atoms with Gasteiger partial charge in [-0.15, -0.1) is 0 Å². The minimum atomic E-state index is -3.63. The third-order valence-electron chi connectivity index (χ3n) is 5.87. The van der Waals surface area contributed by atoms with Gasteiger partial charge in [-0.1, -0.05) is 18.2 Å². The zero-order chi connectivity index (χ0) is 22.0. The quantitative estimate of drug-likeness (QED) is 0.581. The number of rotatable bonds is 7. The van der Waals surface area contributed by atoms with Crippen molar-refractivity contribution >= 4 is 27.0 Å². The molecule has 1 fully saturated rings. The molecule has 1 aromatic heterocycles. The SMILES string of the molecule is COc1ccc2nc(CC3CN(S(=O)(=O)c4ccccc4)CCC3CC(=O)O)[nH]c2c1. The van der Waals surface area contributed by atoms with E-state index < -0.39 is 16.0 Å². The van der Waals surface area contributed by atoms with E-state index in [1.165, 1.54) is 4.31 Å². The van der Waals surface area contributed by atoms with Gasteiger partial charge in [-0.25, -0.2) is 13.4 Å². The molecule has 2 N–H and O–H groups in total. The number of carbonyl (C=O) groups is 1. The Morgan fingerprint density at radius 1 is 1.23 bits per heavy atom. The van der Waals surface area contributed by atoms with Gasteiger partial charge >= 0.3 is 5.97 Å². The van der Waals surface area contributed by atoms with Crippen molar-refractivity contribution in [3.05, 3.63) is 54.4 Å². The van der Waals surface area contributed by atoms with Crippen molar-refractivity contribution in [2.45, 2.75) is 24.2 Å². The van der Waals surface area contributed by atoms with E-state index in [-0.39, 0.29) is 29.7 Å². The van der Waals surface area contributed by atoms with Crippen molar-refractivity contribution in [2.24, 2.45) is 11.8 Å². The molecule has 0 bridgehead atoms. The molecule has 2 atom stereocenters. The molecule has 4 rings (SSSR count). The molecule has 0 saturated carbocycles. The number of nitrogens with one attached hydrogen (secondary N) is 1. The Bertz CT molecular complexity index is 1180. The van der Waals surface area contributed by atoms with Crippen LogP contribution in [0.5, 0.6) is 5.75 Å². The van der Waals surface area contributed by atoms with Gasteiger partial charge in [0.1, 0.15) is 11.6 Å². The van der Waals surface area contributed by atoms with Crippen molar-refractivity contribution < 1.29 is 23.1 Å². The number of ether oxygens (including phenoxy) is 1. The van der Waals surface area contributed by atoms with Gasteiger partial charge in [0.15, 0.2) is 0 Å². The average molecular weight is 444 g/mol. The molecule has 0 radical (unpaired) electrons. The first-order valence-corrected chi connectivity index (χ1v) is 11.6. The number of H-pyrrole nitrogens is 1. The Labute approximate surface area is 180 Å². The number of hydrogen-bond donors (Lipinski definition) is 2. The van der Waals surface area contributed by atoms with E-state index in [0.29, 0.717) is 31.0 Å². The van der Waals surface area contributed by atoms with Crippen LogP contribution in [-0.2, 0) is 21.2 Å². The molecule has 1 aliphatic rings. The maximum Gasteiger partial charge on any atom is 0.303 e. The molecule has 8 nitrogen and oxygen atoms in total. The van der Waals surface area contributed by atoms with Crippen molar-refractivity contribution in [3.8, 4) is 5.75 Å². The molecular weight excluding hydrogens is 418 g/mol. The summed E-state index contributed by atoms with van der Waals surface area (Å²) < 4.78 is 32.9. The van der Waals surface area contributed by atoms with Crippen LogP contribution in [0.25, 0.3) is 11.0 Å². The van der Waals surface area contributed by atoms with Gasteiger partial charge < -0.3 is 14.8 Å². The van der Waals surface area contributed by atoms with Crippen molar-refractivity contribution in [1.82, 2.24) is 14.3 Å². The highest BCUT2D eigenvalue weighted by molar-refractivity contribution is 7.89. The fourth-order valence-electron chi connectivity index (χ4n) is 4.25. The number of piperidine rings is 1. The largest absolute Gasteiger partial charge is 0.497 e. The van der Waals surface area contributed by atoms with E-state index >= 15 is 0 Å². The number of imidazole rings is 1. The van der Waals surface area contributed by atoms with Crippen molar-refractivity contribution in [2.75, 3.05) is 20.2 Å². The number of carboxylic acids is 1. The number of methoxy groups -OCH3 is 1. The molecule has 0 spiro atoms. The number of benzene rings is 2. The summed E-state index contributed by atoms with van der Waals surface area (Å²) in [7, 11) is -2.04. The summed E-state index contributed by atoms with van der Waals surface area (Å²) in [6.07, 6.45) is 0.977. The van der Waals surface area contributed by atoms with Crippen LogP contribution in [-0.4, -0.2) is 54.0 Å². The molecule has 2 heterocycles. The van der Waals surface area contributed by atoms with Crippen molar-refractivity contribution in [1.29, 1.82) is 0 Å². The number of aromatic amines is 1. The number of nitrogens with zero attached hydrogens (tertiary/aromatic N) is 2. The monoisotopic (exact) mass is 443 g/mol. The van der Waals surface area contributed by atoms with Crippen LogP contribution in [0.15, 0.2) is 53.4 Å². The highest BCUT2D eigenvalue weighted by atomic mass is 32.2. The van der Waals surface area contributed by atoms with E-state index in [1.807, 2.05) is 18.2 Å². The number of aromatic nitrogens is 2. The minimum absolute atomic E-state index is 0.0118. The predicted molar refractivity (Wildman–Crippen MR) is 115 cm³/mol. The fourth-order valence-corrected chi connectivity index (χ4v) is 5.78. The van der Waals surface area contributed by atoms with E-state index in [0.717, 1.165) is 11.0 Å². The van der Waals surface area contributed by atoms with Gasteiger partial charge in [0.05, 0.1) is 23.0 Å². The second-order valence-electron chi connectivity index (χ2n) is 7.85. The first kappa shape index (κ1) is 21.3. The van der Waals surface area contributed by atoms with Gasteiger partial charge in [0, 0.05) is 32.0 Å². The van der Waals surface area contributed by atoms with E-state index in [9.17, 15) is 18.3 Å². The Kier molecular flexibility index (Phi) is 5.97. The average Bonchev–Trinajstić information content (AvgIpc) is 3.16. The number of hydrogen-bond acceptors (Lipinski definition) is 5. The zero-order valence-corrected chi connectivity index (χ0v) is 18.0. The number of sulfonamides is 1. The molecule has 2 aromatic carbocycles. The summed E-state index contributed by atoms with van der Waals surface area (Å²) >= 11 is 0. The second kappa shape index (κ2) is 8.68. The molecule has 9 heteroatoms. The summed E-state index contributed by atoms with van der Waals surface area (Å²) in [5.41, 5.74) is 1.61. The molecule has 2 unspecified atom stereocenters. The van der Waals surface area contributed by atoms with Gasteiger partial charge in [-0.2, -0.15) is 4.31 Å². The van der Waals surface area contributed by atoms with Crippen LogP contribution >= 0.6 is 0 Å². The molecule has 164 valence electrons. The molecule has 1 saturated heterocycles. The van der Waals surface area contributed by atoms with Gasteiger partial charge in [-0.3, -0.25) is 4.79 Å². The fraction of sp³-hybridized carbons (Fsp3) is 0.364. The Balaban J connectivity index is 1.59. The molecule has 3 aromatic rings. The van der Waals surface area contributed by atoms with Gasteiger partial charge in [0.2, 0.25) is 10.0 Å². The maximum absolute atomic E-state index is 13.1. The van der Waals surface area contributed by atoms with Crippen molar-refractivity contribution in [3.63, 3.8) is 0 Å². The minimum Gasteiger partial charge on any atom is -0.497 e. The van der Waals surface area contributed by atoms with Crippen LogP contribution in [0.4, 0.5) is 0 Å². The standard InChI is InChI=1S/C22H25N3O5S/c1-30-17-7-8-19-20(13-17)24-21(23-19)11-16-14-25(10-9-15(16)12-22(26)27)31(28,29)18-5-3-2-4-6-18/h2-8,13,15-16H,9-12,14H2,1H3,(H,23,24)(H,26,27). The molecular formula is C22H25N3O5S. The first-order chi connectivity index (χ1) is 14.9. The summed E-state index contributed by atoms with van der Waals surface area (Å²) in [6.45, 7) is 0.568. The maximum atomic E-state index is 13.1. The second-order valence-corrected chi connectivity index (χ2v) is 9.79. The molecule has 0 aliphatic carbocycles. The van der Waals surface area contributed by atoms with Crippen LogP contribution in [0.2, 0.25) is 0 Å². The summed E-state index contributed by atoms with van der Waals surface area (Å²) in [5.74, 6) is 0.267. The third kappa shape index (κ3) is 4.57. The summed E-state index contributed by atoms with van der Waals surface area (Å²) in [4.78, 5) is 19.5. The normalized spacial score (nSPS) is 20.0. The van der Waals surface area contributed by atoms with Gasteiger partial charge in [0.25, 0.3) is 0 Å². The zero-order valence-electron chi connectivity index (χ0n) is 17.2. The predicted octanol–water partition coefficient (Wildman–Crippen LogP) is 2.92. The Morgan fingerprint density at radius 3 is 2.71 bits per heavy atom. The lowest BCUT2D eigenvalue weighted by atomic mass is 9.82. The molecule has 1 aliphatic heterocycles. The van der Waals surface area contributed by atoms with E-state index in [2.05, 4.69) is 9.97 Å². The Morgan fingerprint density at radius 2 is 2.00 bits per heavy atom. The van der Waals surface area contributed by atoms with E-state index in [1.54, 1.807) is 37.4 Å². The van der Waals surface area contributed by atoms with Crippen LogP contribution in [0.1, 0.15) is 18.7 Å². The highest BCUT2D eigenvalue weighted by Gasteiger charge is 2.36. The topological polar surface area (TPSA) is 113 Å². The summed E-state index contributed by atoms with van der Waals surface area (Å²) in [6, 6.07) is 13.9. The number of fused-ring (bicyclic) bond motifs is 1. The lowest BCUT2D eigenvalue weighted by molar-refractivity contribution is -0.138. The highest BCUT2D eigenvalue weighted by Crippen LogP contribution is 2.32. The third-order valence-corrected chi connectivity index (χ3v) is 7.74. The Hall–Kier alpha value is -2.91. The van der Waals surface area contributed by atoms with Crippen LogP contribution in [0, 0.1) is 11.8 Å². The lowest BCUT2D eigenvalue weighted by Gasteiger charge is -2.37. The van der Waals surface area contributed by atoms with Crippen LogP contribution < -0.4 is 4.74 Å². The lowest BCUT2D eigenvalue weighted by Crippen LogP contribution is -2.45. The smallest absolute Gasteiger partial charge is 0.303 e. The first-order valence-electron chi connectivity index (χ1n) is 10.2. The van der Waals surface area contributed by atoms with Gasteiger partial charge in [-0.05, 0) is 42.5 Å².